The van der Waals surface area contributed by atoms with Crippen LogP contribution in [0.25, 0.3) is 0 Å². The fraction of sp³-hybridized carbons (Fsp3) is 0.553. The number of benzene rings is 2. The van der Waals surface area contributed by atoms with Gasteiger partial charge in [0.25, 0.3) is 0 Å². The third-order valence-corrected chi connectivity index (χ3v) is 28.7. The molecule has 0 aliphatic heterocycles. The predicted molar refractivity (Wildman–Crippen MR) is 406 cm³/mol. The van der Waals surface area contributed by atoms with Crippen LogP contribution in [0.3, 0.4) is 0 Å². The standard InChI is InChI=1S/C17H16O2.C17H18O.C13H18O.C12H14O2.2C12H16O.C11H14O/c18-17(11-4-2-1-3-5-11)19-15-9-8-14-12-6-7-13(10-12)16(14)15;1-2-4-12(5-3-1)11-18-16-9-8-15-13-6-7-14(10-13)17(15)16;1-2-7-14-12-6-5-11-9-3-4-10(8-9)13(11)12;1-7(13)14-11-5-4-10-8-2-3-9(6-8)12(10)11;2*1-2-13-11-6-5-10-8-3-4-9(7-8)12(10)11;1-12-10-5-4-9-7-2-3-8(6-7)11(9)10/h1-9,12-16H,10H2;1-9,13-17H,10-11H2;3-6,9-13H,2,7-8H2,1H3;2-5,8-12H,6H2,1H3;2*3-6,8-12H,2,7H2,1H3;2-5,7-11H,6H2,1H3/t12?,13?,14-,15+,16+;13?,14?,15-,16+,17+;9?,10?,11-,12+,13+;3*8?,9?,10-,11+,12+;7?,8?,9-,10+,11+/m0000000/s1. The van der Waals surface area contributed by atoms with Gasteiger partial charge in [0, 0.05) is 75.3 Å². The number of fused-ring (bicyclic) bond motifs is 35. The van der Waals surface area contributed by atoms with Gasteiger partial charge in [-0.15, -0.1) is 0 Å². The molecule has 0 heterocycles. The molecule has 0 spiro atoms. The number of carbonyl (C=O) groups excluding carboxylic acids is 2. The first-order chi connectivity index (χ1) is 50.6. The monoisotopic (exact) mass is 1380 g/mol. The summed E-state index contributed by atoms with van der Waals surface area (Å²) in [4.78, 5) is 23.0. The molecule has 23 rings (SSSR count). The Hall–Kier alpha value is -6.46. The van der Waals surface area contributed by atoms with E-state index in [0.29, 0.717) is 89.3 Å². The molecule has 542 valence electrons. The molecular formula is C94H112O9. The third kappa shape index (κ3) is 13.5. The van der Waals surface area contributed by atoms with Crippen LogP contribution in [0.1, 0.15) is 95.0 Å². The van der Waals surface area contributed by atoms with Crippen molar-refractivity contribution in [3.05, 3.63) is 242 Å². The van der Waals surface area contributed by atoms with Crippen molar-refractivity contribution >= 4 is 11.9 Å². The first kappa shape index (κ1) is 69.6. The van der Waals surface area contributed by atoms with E-state index in [1.807, 2.05) is 25.3 Å². The van der Waals surface area contributed by atoms with Gasteiger partial charge in [-0.1, -0.05) is 213 Å². The van der Waals surface area contributed by atoms with E-state index in [0.717, 1.165) is 145 Å². The van der Waals surface area contributed by atoms with Gasteiger partial charge >= 0.3 is 11.9 Å². The average molecular weight is 1390 g/mol. The summed E-state index contributed by atoms with van der Waals surface area (Å²) in [7, 11) is 1.83. The van der Waals surface area contributed by atoms with Gasteiger partial charge < -0.3 is 33.2 Å². The van der Waals surface area contributed by atoms with Crippen molar-refractivity contribution in [1.82, 2.24) is 0 Å². The zero-order valence-electron chi connectivity index (χ0n) is 61.3. The van der Waals surface area contributed by atoms with E-state index in [1.54, 1.807) is 12.1 Å². The Morgan fingerprint density at radius 1 is 0.311 bits per heavy atom. The Kier molecular flexibility index (Phi) is 20.5. The summed E-state index contributed by atoms with van der Waals surface area (Å²) >= 11 is 0. The van der Waals surface area contributed by atoms with Gasteiger partial charge in [-0.05, 0) is 219 Å². The van der Waals surface area contributed by atoms with Gasteiger partial charge in [0.15, 0.2) is 0 Å². The van der Waals surface area contributed by atoms with Crippen LogP contribution in [0.15, 0.2) is 231 Å². The zero-order valence-corrected chi connectivity index (χ0v) is 61.3. The first-order valence-corrected chi connectivity index (χ1v) is 40.6. The van der Waals surface area contributed by atoms with E-state index in [4.69, 9.17) is 33.2 Å². The van der Waals surface area contributed by atoms with E-state index in [9.17, 15) is 9.59 Å². The molecule has 0 N–H and O–H groups in total. The number of esters is 2. The molecule has 2 aromatic carbocycles. The van der Waals surface area contributed by atoms with Crippen LogP contribution in [0, 0.1) is 166 Å². The molecule has 2 aromatic rings. The molecule has 7 saturated carbocycles. The molecule has 7 fully saturated rings. The molecule has 0 aromatic heterocycles. The average Bonchev–Trinajstić information content (AvgIpc) is 1.66. The minimum absolute atomic E-state index is 0.0393. The van der Waals surface area contributed by atoms with Crippen molar-refractivity contribution in [3.8, 4) is 0 Å². The van der Waals surface area contributed by atoms with Crippen LogP contribution in [-0.2, 0) is 44.6 Å². The Balaban J connectivity index is 0.0000000896. The fourth-order valence-corrected chi connectivity index (χ4v) is 24.5. The van der Waals surface area contributed by atoms with Crippen LogP contribution < -0.4 is 0 Å². The normalized spacial score (nSPS) is 45.7. The second kappa shape index (κ2) is 30.4. The highest BCUT2D eigenvalue weighted by Crippen LogP contribution is 2.59. The number of ether oxygens (including phenoxy) is 7. The lowest BCUT2D eigenvalue weighted by molar-refractivity contribution is -0.146. The number of hydrogen-bond donors (Lipinski definition) is 0. The summed E-state index contributed by atoms with van der Waals surface area (Å²) in [6.07, 6.45) is 77.8. The maximum atomic E-state index is 12.1. The summed E-state index contributed by atoms with van der Waals surface area (Å²) in [6.45, 7) is 11.2. The molecule has 0 amide bonds. The van der Waals surface area contributed by atoms with Crippen LogP contribution in [0.5, 0.6) is 0 Å². The number of carbonyl (C=O) groups is 2. The topological polar surface area (TPSA) is 98.8 Å². The van der Waals surface area contributed by atoms with Crippen LogP contribution >= 0.6 is 0 Å². The molecule has 21 aliphatic rings. The summed E-state index contributed by atoms with van der Waals surface area (Å²) in [6, 6.07) is 19.7. The molecule has 9 nitrogen and oxygen atoms in total. The predicted octanol–water partition coefficient (Wildman–Crippen LogP) is 18.3. The zero-order chi connectivity index (χ0) is 69.8. The van der Waals surface area contributed by atoms with Crippen LogP contribution in [0.2, 0.25) is 0 Å². The highest BCUT2D eigenvalue weighted by atomic mass is 16.5. The van der Waals surface area contributed by atoms with Gasteiger partial charge in [0.1, 0.15) is 12.2 Å². The molecule has 21 aliphatic carbocycles. The number of rotatable bonds is 14. The lowest BCUT2D eigenvalue weighted by Crippen LogP contribution is -2.28. The molecule has 35 atom stereocenters. The van der Waals surface area contributed by atoms with E-state index < -0.39 is 0 Å². The molecule has 0 radical (unpaired) electrons. The first-order valence-electron chi connectivity index (χ1n) is 40.6. The maximum absolute atomic E-state index is 12.1. The van der Waals surface area contributed by atoms with Gasteiger partial charge in [-0.3, -0.25) is 4.79 Å². The summed E-state index contributed by atoms with van der Waals surface area (Å²) in [5.74, 6) is 20.3. The van der Waals surface area contributed by atoms with E-state index in [2.05, 4.69) is 221 Å². The quantitative estimate of drug-likeness (QED) is 0.135. The summed E-state index contributed by atoms with van der Waals surface area (Å²) < 4.78 is 40.0. The highest BCUT2D eigenvalue weighted by molar-refractivity contribution is 5.89. The minimum Gasteiger partial charge on any atom is -0.458 e. The Labute approximate surface area is 614 Å². The molecule has 14 bridgehead atoms. The summed E-state index contributed by atoms with van der Waals surface area (Å²) in [5.41, 5.74) is 1.91. The highest BCUT2D eigenvalue weighted by Gasteiger charge is 2.55. The molecular weight excluding hydrogens is 1270 g/mol. The Bertz CT molecular complexity index is 3730. The van der Waals surface area contributed by atoms with Gasteiger partial charge in [0.2, 0.25) is 0 Å². The second-order valence-corrected chi connectivity index (χ2v) is 33.9. The lowest BCUT2D eigenvalue weighted by Gasteiger charge is -2.26. The number of methoxy groups -OCH3 is 1. The molecule has 0 saturated heterocycles. The Morgan fingerprint density at radius 3 is 0.922 bits per heavy atom. The SMILES string of the molecule is C1=CC2CC1[C@H]1[C@H](OCc3ccccc3)C=C[C@@H]21.CC(=O)O[C@@H]1C=C[C@H]2C3C=CC(C3)[C@@H]12.CCCO[C@@H]1C=C[C@H]2C3C=CC(C3)[C@@H]12.CCO[C@@H]1C=C[C@H]2C3C=CC(C3)[C@@H]12.CCO[C@@H]1C=C[C@H]2C3C=CC(C3)[C@@H]12.CO[C@@H]1C=C[C@H]2C3C=CC(C3)[C@@H]12.O=C(O[C@@H]1C=C[C@H]2C3C=CC(C3)[C@@H]12)c1ccccc1. The minimum atomic E-state index is -0.206. The second-order valence-electron chi connectivity index (χ2n) is 33.9. The summed E-state index contributed by atoms with van der Waals surface area (Å²) in [5, 5.41) is 0. The van der Waals surface area contributed by atoms with Crippen LogP contribution in [-0.4, -0.2) is 81.6 Å². The van der Waals surface area contributed by atoms with Gasteiger partial charge in [0.05, 0.1) is 42.7 Å². The molecule has 9 heteroatoms. The Morgan fingerprint density at radius 2 is 0.592 bits per heavy atom. The lowest BCUT2D eigenvalue weighted by atomic mass is 9.84. The van der Waals surface area contributed by atoms with Crippen molar-refractivity contribution in [1.29, 1.82) is 0 Å². The van der Waals surface area contributed by atoms with E-state index in [-0.39, 0.29) is 24.1 Å². The number of allylic oxidation sites excluding steroid dienone is 21. The molecule has 14 unspecified atom stereocenters. The van der Waals surface area contributed by atoms with Crippen molar-refractivity contribution in [2.75, 3.05) is 26.9 Å². The van der Waals surface area contributed by atoms with Crippen LogP contribution in [0.4, 0.5) is 0 Å². The van der Waals surface area contributed by atoms with Crippen molar-refractivity contribution in [2.45, 2.75) is 128 Å². The van der Waals surface area contributed by atoms with E-state index >= 15 is 0 Å². The fourth-order valence-electron chi connectivity index (χ4n) is 24.5. The maximum Gasteiger partial charge on any atom is 0.338 e. The van der Waals surface area contributed by atoms with E-state index in [1.165, 1.54) is 57.4 Å². The van der Waals surface area contributed by atoms with Crippen molar-refractivity contribution < 1.29 is 42.7 Å². The largest absolute Gasteiger partial charge is 0.458 e. The van der Waals surface area contributed by atoms with Gasteiger partial charge in [-0.25, -0.2) is 4.79 Å². The van der Waals surface area contributed by atoms with Gasteiger partial charge in [-0.2, -0.15) is 0 Å². The third-order valence-electron chi connectivity index (χ3n) is 28.7. The van der Waals surface area contributed by atoms with Crippen molar-refractivity contribution in [3.63, 3.8) is 0 Å². The smallest absolute Gasteiger partial charge is 0.338 e. The number of hydrogen-bond acceptors (Lipinski definition) is 9. The van der Waals surface area contributed by atoms with Crippen molar-refractivity contribution in [2.24, 2.45) is 166 Å². The molecule has 103 heavy (non-hydrogen) atoms.